The topological polar surface area (TPSA) is 29.5 Å². The monoisotopic (exact) mass is 789 g/mol. The van der Waals surface area contributed by atoms with E-state index in [1.807, 2.05) is 12.1 Å². The average Bonchev–Trinajstić information content (AvgIpc) is 4.07. The molecule has 2 aliphatic rings. The molecule has 2 heterocycles. The van der Waals surface area contributed by atoms with Gasteiger partial charge in [-0.1, -0.05) is 164 Å². The Bertz CT molecular complexity index is 3770. The Morgan fingerprint density at radius 2 is 0.903 bits per heavy atom. The highest BCUT2D eigenvalue weighted by molar-refractivity contribution is 6.24. The van der Waals surface area contributed by atoms with Crippen LogP contribution in [-0.4, -0.2) is 0 Å². The van der Waals surface area contributed by atoms with Gasteiger partial charge in [-0.05, 0) is 104 Å². The zero-order chi connectivity index (χ0) is 40.5. The molecule has 0 saturated carbocycles. The van der Waals surface area contributed by atoms with Crippen molar-refractivity contribution in [1.29, 1.82) is 0 Å². The molecule has 0 N–H and O–H groups in total. The van der Waals surface area contributed by atoms with E-state index in [0.717, 1.165) is 82.8 Å². The summed E-state index contributed by atoms with van der Waals surface area (Å²) < 4.78 is 13.8. The van der Waals surface area contributed by atoms with Crippen molar-refractivity contribution in [2.45, 2.75) is 5.41 Å². The maximum Gasteiger partial charge on any atom is 0.144 e. The van der Waals surface area contributed by atoms with E-state index in [4.69, 9.17) is 8.83 Å². The molecule has 0 saturated heterocycles. The Balaban J connectivity index is 1.06. The van der Waals surface area contributed by atoms with Crippen LogP contribution in [0.1, 0.15) is 22.3 Å². The summed E-state index contributed by atoms with van der Waals surface area (Å²) in [5.41, 5.74) is 18.6. The van der Waals surface area contributed by atoms with E-state index in [0.29, 0.717) is 0 Å². The van der Waals surface area contributed by atoms with Crippen LogP contribution in [0.5, 0.6) is 0 Å². The van der Waals surface area contributed by atoms with Crippen LogP contribution in [-0.2, 0) is 5.41 Å². The minimum atomic E-state index is -0.461. The van der Waals surface area contributed by atoms with E-state index in [1.165, 1.54) is 44.5 Å². The molecular weight excluding hydrogens is 755 g/mol. The summed E-state index contributed by atoms with van der Waals surface area (Å²) in [6, 6.07) is 77.1. The van der Waals surface area contributed by atoms with E-state index < -0.39 is 5.41 Å². The highest BCUT2D eigenvalue weighted by Gasteiger charge is 2.51. The third kappa shape index (κ3) is 4.34. The number of para-hydroxylation sites is 3. The van der Waals surface area contributed by atoms with E-state index in [9.17, 15) is 0 Å². The second-order valence-electron chi connectivity index (χ2n) is 16.7. The third-order valence-electron chi connectivity index (χ3n) is 13.7. The van der Waals surface area contributed by atoms with E-state index in [-0.39, 0.29) is 0 Å². The lowest BCUT2D eigenvalue weighted by atomic mass is 9.70. The second-order valence-corrected chi connectivity index (χ2v) is 16.7. The molecule has 2 aromatic heterocycles. The largest absolute Gasteiger partial charge is 0.455 e. The SMILES string of the molecule is c1ccc(N(c2ccc3c(c2)C2(c4ccccc4-c4ccccc42)c2ccccc2-3)c2cccc3oc4c(-c5cccc6c5oc5ccccc56)c5ccccc5cc4c23)cc1. The van der Waals surface area contributed by atoms with Gasteiger partial charge in [-0.3, -0.25) is 0 Å². The van der Waals surface area contributed by atoms with Crippen LogP contribution in [0.2, 0.25) is 0 Å². The molecule has 10 aromatic carbocycles. The smallest absolute Gasteiger partial charge is 0.144 e. The van der Waals surface area contributed by atoms with Gasteiger partial charge in [0.1, 0.15) is 22.3 Å². The standard InChI is InChI=1S/C59H35NO2/c1-2-17-37(18-3-1)60(38-32-33-43-42-22-8-12-28-50(42)59(51(43)35-38)48-26-10-6-20-40(48)41-21-7-11-27-49(41)59)52-29-15-31-54-56(52)47-34-36-16-4-5-19-39(36)55(58(47)62-54)46-25-14-24-45-44-23-9-13-30-53(44)61-57(45)46/h1-35H. The van der Waals surface area contributed by atoms with E-state index >= 15 is 0 Å². The van der Waals surface area contributed by atoms with Crippen molar-refractivity contribution in [2.75, 3.05) is 4.90 Å². The minimum Gasteiger partial charge on any atom is -0.455 e. The maximum absolute atomic E-state index is 7.13. The van der Waals surface area contributed by atoms with Gasteiger partial charge in [0.2, 0.25) is 0 Å². The highest BCUT2D eigenvalue weighted by Crippen LogP contribution is 2.63. The number of hydrogen-bond acceptors (Lipinski definition) is 3. The Hall–Kier alpha value is -8.14. The van der Waals surface area contributed by atoms with Crippen molar-refractivity contribution >= 4 is 71.7 Å². The number of anilines is 3. The minimum absolute atomic E-state index is 0.461. The fourth-order valence-electron chi connectivity index (χ4n) is 11.2. The molecule has 288 valence electrons. The number of furan rings is 2. The highest BCUT2D eigenvalue weighted by atomic mass is 16.3. The van der Waals surface area contributed by atoms with Gasteiger partial charge in [0.25, 0.3) is 0 Å². The first-order valence-corrected chi connectivity index (χ1v) is 21.3. The first kappa shape index (κ1) is 33.7. The Kier molecular flexibility index (Phi) is 6.76. The molecule has 1 spiro atoms. The van der Waals surface area contributed by atoms with Crippen molar-refractivity contribution in [3.63, 3.8) is 0 Å². The fourth-order valence-corrected chi connectivity index (χ4v) is 11.2. The molecule has 0 atom stereocenters. The summed E-state index contributed by atoms with van der Waals surface area (Å²) >= 11 is 0. The molecule has 0 radical (unpaired) electrons. The number of rotatable bonds is 4. The van der Waals surface area contributed by atoms with Crippen LogP contribution in [0.25, 0.3) is 88.0 Å². The van der Waals surface area contributed by atoms with Crippen LogP contribution in [0.3, 0.4) is 0 Å². The van der Waals surface area contributed by atoms with Crippen molar-refractivity contribution < 1.29 is 8.83 Å². The molecular formula is C59H35NO2. The lowest BCUT2D eigenvalue weighted by Crippen LogP contribution is -2.26. The second kappa shape index (κ2) is 12.4. The molecule has 62 heavy (non-hydrogen) atoms. The molecule has 0 aliphatic heterocycles. The van der Waals surface area contributed by atoms with Crippen molar-refractivity contribution in [3.8, 4) is 33.4 Å². The zero-order valence-corrected chi connectivity index (χ0v) is 33.5. The van der Waals surface area contributed by atoms with Crippen LogP contribution >= 0.6 is 0 Å². The lowest BCUT2D eigenvalue weighted by Gasteiger charge is -2.32. The number of fused-ring (bicyclic) bond motifs is 17. The molecule has 0 fully saturated rings. The van der Waals surface area contributed by atoms with Crippen molar-refractivity contribution in [2.24, 2.45) is 0 Å². The van der Waals surface area contributed by atoms with Gasteiger partial charge in [0.15, 0.2) is 0 Å². The van der Waals surface area contributed by atoms with E-state index in [2.05, 4.69) is 205 Å². The van der Waals surface area contributed by atoms with E-state index in [1.54, 1.807) is 0 Å². The van der Waals surface area contributed by atoms with Crippen molar-refractivity contribution in [1.82, 2.24) is 0 Å². The van der Waals surface area contributed by atoms with Gasteiger partial charge in [0.05, 0.1) is 16.5 Å². The number of benzene rings is 10. The molecule has 3 nitrogen and oxygen atoms in total. The maximum atomic E-state index is 7.13. The van der Waals surface area contributed by atoms with Gasteiger partial charge in [-0.15, -0.1) is 0 Å². The predicted molar refractivity (Wildman–Crippen MR) is 255 cm³/mol. The summed E-state index contributed by atoms with van der Waals surface area (Å²) in [4.78, 5) is 2.43. The Morgan fingerprint density at radius 3 is 1.66 bits per heavy atom. The first-order chi connectivity index (χ1) is 30.8. The van der Waals surface area contributed by atoms with Crippen LogP contribution in [0.15, 0.2) is 221 Å². The number of hydrogen-bond donors (Lipinski definition) is 0. The van der Waals surface area contributed by atoms with Gasteiger partial charge in [-0.2, -0.15) is 0 Å². The van der Waals surface area contributed by atoms with Crippen LogP contribution in [0, 0.1) is 0 Å². The van der Waals surface area contributed by atoms with Crippen LogP contribution in [0.4, 0.5) is 17.1 Å². The number of nitrogens with zero attached hydrogens (tertiary/aromatic N) is 1. The zero-order valence-electron chi connectivity index (χ0n) is 33.5. The van der Waals surface area contributed by atoms with Crippen molar-refractivity contribution in [3.05, 3.63) is 235 Å². The Labute approximate surface area is 357 Å². The molecule has 3 heteroatoms. The molecule has 2 aliphatic carbocycles. The van der Waals surface area contributed by atoms with Gasteiger partial charge < -0.3 is 13.7 Å². The van der Waals surface area contributed by atoms with Gasteiger partial charge in [0, 0.05) is 38.7 Å². The predicted octanol–water partition coefficient (Wildman–Crippen LogP) is 16.1. The molecule has 0 unspecified atom stereocenters. The first-order valence-electron chi connectivity index (χ1n) is 21.3. The Morgan fingerprint density at radius 1 is 0.339 bits per heavy atom. The van der Waals surface area contributed by atoms with Crippen LogP contribution < -0.4 is 4.90 Å². The quantitative estimate of drug-likeness (QED) is 0.178. The third-order valence-corrected chi connectivity index (χ3v) is 13.7. The summed E-state index contributed by atoms with van der Waals surface area (Å²) in [7, 11) is 0. The van der Waals surface area contributed by atoms with Gasteiger partial charge >= 0.3 is 0 Å². The molecule has 0 amide bonds. The molecule has 12 aromatic rings. The van der Waals surface area contributed by atoms with Gasteiger partial charge in [-0.25, -0.2) is 0 Å². The fraction of sp³-hybridized carbons (Fsp3) is 0.0169. The summed E-state index contributed by atoms with van der Waals surface area (Å²) in [5, 5.41) is 6.58. The normalized spacial score (nSPS) is 13.3. The molecule has 0 bridgehead atoms. The lowest BCUT2D eigenvalue weighted by molar-refractivity contribution is 0.665. The summed E-state index contributed by atoms with van der Waals surface area (Å²) in [6.45, 7) is 0. The average molecular weight is 790 g/mol. The summed E-state index contributed by atoms with van der Waals surface area (Å²) in [6.07, 6.45) is 0. The summed E-state index contributed by atoms with van der Waals surface area (Å²) in [5.74, 6) is 0. The molecule has 14 rings (SSSR count).